The van der Waals surface area contributed by atoms with E-state index in [1.165, 1.54) is 16.7 Å². The van der Waals surface area contributed by atoms with Crippen LogP contribution < -0.4 is 5.73 Å². The number of benzene rings is 1. The molecule has 4 heteroatoms. The van der Waals surface area contributed by atoms with Crippen molar-refractivity contribution < 1.29 is 0 Å². The number of hydrogen-bond acceptors (Lipinski definition) is 3. The van der Waals surface area contributed by atoms with Gasteiger partial charge >= 0.3 is 0 Å². The minimum atomic E-state index is 0.546. The van der Waals surface area contributed by atoms with Crippen molar-refractivity contribution in [1.29, 1.82) is 0 Å². The molecular formula is C21H20N4. The number of pyridine rings is 2. The number of nitrogen functional groups attached to an aromatic ring is 1. The summed E-state index contributed by atoms with van der Waals surface area (Å²) < 4.78 is 2.12. The van der Waals surface area contributed by atoms with Crippen LogP contribution in [-0.4, -0.2) is 14.4 Å². The number of fused-ring (bicyclic) bond motifs is 1. The third-order valence-corrected chi connectivity index (χ3v) is 4.31. The van der Waals surface area contributed by atoms with Crippen LogP contribution in [0, 0.1) is 13.8 Å². The Balaban J connectivity index is 1.84. The van der Waals surface area contributed by atoms with Gasteiger partial charge in [0.15, 0.2) is 0 Å². The van der Waals surface area contributed by atoms with Gasteiger partial charge in [-0.3, -0.25) is 0 Å². The van der Waals surface area contributed by atoms with Crippen molar-refractivity contribution in [3.05, 3.63) is 83.4 Å². The fourth-order valence-corrected chi connectivity index (χ4v) is 3.18. The van der Waals surface area contributed by atoms with Gasteiger partial charge in [0.05, 0.1) is 5.69 Å². The van der Waals surface area contributed by atoms with E-state index in [4.69, 9.17) is 10.7 Å². The Morgan fingerprint density at radius 1 is 1.00 bits per heavy atom. The highest BCUT2D eigenvalue weighted by Crippen LogP contribution is 2.27. The maximum absolute atomic E-state index is 5.69. The van der Waals surface area contributed by atoms with Crippen LogP contribution in [0.15, 0.2) is 61.1 Å². The lowest BCUT2D eigenvalue weighted by atomic mass is 10.0. The zero-order valence-electron chi connectivity index (χ0n) is 14.4. The Hall–Kier alpha value is -3.14. The number of aromatic nitrogens is 3. The van der Waals surface area contributed by atoms with Gasteiger partial charge in [-0.15, -0.1) is 0 Å². The van der Waals surface area contributed by atoms with Gasteiger partial charge < -0.3 is 10.1 Å². The van der Waals surface area contributed by atoms with Crippen molar-refractivity contribution in [3.63, 3.8) is 0 Å². The van der Waals surface area contributed by atoms with Gasteiger partial charge in [-0.25, -0.2) is 9.97 Å². The van der Waals surface area contributed by atoms with Crippen molar-refractivity contribution in [2.75, 3.05) is 5.73 Å². The lowest BCUT2D eigenvalue weighted by molar-refractivity contribution is 1.09. The maximum Gasteiger partial charge on any atom is 0.144 e. The fraction of sp³-hybridized carbons (Fsp3) is 0.143. The van der Waals surface area contributed by atoms with Crippen LogP contribution in [0.4, 0.5) is 5.82 Å². The standard InChI is InChI=1S/C21H20N4/c1-14-4-3-5-18(8-14)19-10-17(9-16-6-7-20(22)23-11-16)13-25-12-15(2)24-21(19)25/h3-8,10-13H,9H2,1-2H3,(H2,22,23). The molecule has 2 N–H and O–H groups in total. The molecule has 0 aliphatic carbocycles. The lowest BCUT2D eigenvalue weighted by Gasteiger charge is -2.10. The lowest BCUT2D eigenvalue weighted by Crippen LogP contribution is -1.97. The molecule has 124 valence electrons. The van der Waals surface area contributed by atoms with Crippen molar-refractivity contribution in [3.8, 4) is 11.1 Å². The van der Waals surface area contributed by atoms with E-state index in [9.17, 15) is 0 Å². The minimum Gasteiger partial charge on any atom is -0.384 e. The molecule has 0 aliphatic rings. The zero-order valence-corrected chi connectivity index (χ0v) is 14.4. The van der Waals surface area contributed by atoms with E-state index in [-0.39, 0.29) is 0 Å². The Morgan fingerprint density at radius 2 is 1.88 bits per heavy atom. The number of aryl methyl sites for hydroxylation is 2. The highest BCUT2D eigenvalue weighted by Gasteiger charge is 2.10. The number of rotatable bonds is 3. The minimum absolute atomic E-state index is 0.546. The summed E-state index contributed by atoms with van der Waals surface area (Å²) in [5.74, 6) is 0.546. The first-order chi connectivity index (χ1) is 12.1. The van der Waals surface area contributed by atoms with Crippen LogP contribution in [0.3, 0.4) is 0 Å². The smallest absolute Gasteiger partial charge is 0.144 e. The third-order valence-electron chi connectivity index (χ3n) is 4.31. The number of nitrogens with two attached hydrogens (primary N) is 1. The van der Waals surface area contributed by atoms with E-state index in [1.807, 2.05) is 25.3 Å². The van der Waals surface area contributed by atoms with E-state index in [1.54, 1.807) is 0 Å². The average molecular weight is 328 g/mol. The fourth-order valence-electron chi connectivity index (χ4n) is 3.18. The first-order valence-corrected chi connectivity index (χ1v) is 8.34. The van der Waals surface area contributed by atoms with Crippen LogP contribution in [0.1, 0.15) is 22.4 Å². The molecule has 0 unspecified atom stereocenters. The molecule has 0 radical (unpaired) electrons. The number of anilines is 1. The molecule has 3 aromatic heterocycles. The Bertz CT molecular complexity index is 1050. The van der Waals surface area contributed by atoms with Gasteiger partial charge in [0.1, 0.15) is 11.5 Å². The SMILES string of the molecule is Cc1cccc(-c2cc(Cc3ccc(N)nc3)cn3cc(C)nc23)c1. The second kappa shape index (κ2) is 6.06. The summed E-state index contributed by atoms with van der Waals surface area (Å²) >= 11 is 0. The highest BCUT2D eigenvalue weighted by atomic mass is 15.0. The molecule has 25 heavy (non-hydrogen) atoms. The summed E-state index contributed by atoms with van der Waals surface area (Å²) in [6.45, 7) is 4.14. The monoisotopic (exact) mass is 328 g/mol. The summed E-state index contributed by atoms with van der Waals surface area (Å²) in [4.78, 5) is 8.91. The normalized spacial score (nSPS) is 11.1. The highest BCUT2D eigenvalue weighted by molar-refractivity contribution is 5.78. The van der Waals surface area contributed by atoms with Crippen LogP contribution in [0.2, 0.25) is 0 Å². The molecule has 0 aliphatic heterocycles. The van der Waals surface area contributed by atoms with Crippen molar-refractivity contribution in [1.82, 2.24) is 14.4 Å². The molecule has 0 fully saturated rings. The molecule has 3 heterocycles. The van der Waals surface area contributed by atoms with Gasteiger partial charge in [0, 0.05) is 30.6 Å². The van der Waals surface area contributed by atoms with Gasteiger partial charge in [0.25, 0.3) is 0 Å². The first kappa shape index (κ1) is 15.4. The van der Waals surface area contributed by atoms with Gasteiger partial charge in [-0.05, 0) is 42.7 Å². The molecule has 0 spiro atoms. The van der Waals surface area contributed by atoms with Crippen LogP contribution >= 0.6 is 0 Å². The second-order valence-electron chi connectivity index (χ2n) is 6.51. The van der Waals surface area contributed by atoms with Gasteiger partial charge in [-0.2, -0.15) is 0 Å². The van der Waals surface area contributed by atoms with E-state index >= 15 is 0 Å². The molecule has 0 saturated heterocycles. The van der Waals surface area contributed by atoms with Crippen molar-refractivity contribution >= 4 is 11.5 Å². The van der Waals surface area contributed by atoms with Crippen molar-refractivity contribution in [2.24, 2.45) is 0 Å². The Labute approximate surface area is 147 Å². The van der Waals surface area contributed by atoms with E-state index in [0.29, 0.717) is 5.82 Å². The molecule has 4 nitrogen and oxygen atoms in total. The third kappa shape index (κ3) is 3.11. The summed E-state index contributed by atoms with van der Waals surface area (Å²) in [5.41, 5.74) is 13.6. The molecule has 0 amide bonds. The molecule has 0 saturated carbocycles. The van der Waals surface area contributed by atoms with E-state index in [2.05, 4.69) is 59.0 Å². The second-order valence-corrected chi connectivity index (χ2v) is 6.51. The number of nitrogens with zero attached hydrogens (tertiary/aromatic N) is 3. The Morgan fingerprint density at radius 3 is 2.64 bits per heavy atom. The quantitative estimate of drug-likeness (QED) is 0.613. The molecule has 1 aromatic carbocycles. The summed E-state index contributed by atoms with van der Waals surface area (Å²) in [5, 5.41) is 0. The van der Waals surface area contributed by atoms with E-state index < -0.39 is 0 Å². The number of imidazole rings is 1. The summed E-state index contributed by atoms with van der Waals surface area (Å²) in [7, 11) is 0. The first-order valence-electron chi connectivity index (χ1n) is 8.34. The predicted molar refractivity (Wildman–Crippen MR) is 102 cm³/mol. The van der Waals surface area contributed by atoms with Gasteiger partial charge in [0.2, 0.25) is 0 Å². The maximum atomic E-state index is 5.69. The van der Waals surface area contributed by atoms with Gasteiger partial charge in [-0.1, -0.05) is 35.9 Å². The van der Waals surface area contributed by atoms with Crippen LogP contribution in [-0.2, 0) is 6.42 Å². The zero-order chi connectivity index (χ0) is 17.4. The molecule has 0 atom stereocenters. The van der Waals surface area contributed by atoms with Crippen LogP contribution in [0.25, 0.3) is 16.8 Å². The average Bonchev–Trinajstić information content (AvgIpc) is 2.96. The summed E-state index contributed by atoms with van der Waals surface area (Å²) in [6.07, 6.45) is 6.86. The summed E-state index contributed by atoms with van der Waals surface area (Å²) in [6, 6.07) is 14.6. The molecule has 4 rings (SSSR count). The topological polar surface area (TPSA) is 56.2 Å². The Kier molecular flexibility index (Phi) is 3.73. The molecule has 4 aromatic rings. The molecular weight excluding hydrogens is 308 g/mol. The van der Waals surface area contributed by atoms with E-state index in [0.717, 1.165) is 28.9 Å². The van der Waals surface area contributed by atoms with Crippen molar-refractivity contribution in [2.45, 2.75) is 20.3 Å². The van der Waals surface area contributed by atoms with Crippen LogP contribution in [0.5, 0.6) is 0 Å². The predicted octanol–water partition coefficient (Wildman–Crippen LogP) is 4.19. The number of hydrogen-bond donors (Lipinski definition) is 1. The molecule has 0 bridgehead atoms. The largest absolute Gasteiger partial charge is 0.384 e.